The van der Waals surface area contributed by atoms with Gasteiger partial charge in [0.2, 0.25) is 0 Å². The van der Waals surface area contributed by atoms with Gasteiger partial charge in [0.15, 0.2) is 0 Å². The Morgan fingerprint density at radius 3 is 3.13 bits per heavy atom. The Kier molecular flexibility index (Phi) is 2.23. The summed E-state index contributed by atoms with van der Waals surface area (Å²) in [5.74, 6) is 1.23. The second-order valence-corrected chi connectivity index (χ2v) is 6.64. The Labute approximate surface area is 136 Å². The zero-order valence-electron chi connectivity index (χ0n) is 14.2. The molecule has 1 aliphatic heterocycles. The number of aromatic amines is 1. The number of nitrogens with zero attached hydrogens (tertiary/aromatic N) is 2. The van der Waals surface area contributed by atoms with Gasteiger partial charge in [0.05, 0.1) is 20.2 Å². The molecule has 3 aromatic rings. The number of likely N-dealkylation sites (N-methyl/N-ethyl adjacent to an activating group) is 1. The van der Waals surface area contributed by atoms with Crippen LogP contribution in [0.4, 0.5) is 5.69 Å². The SMILES string of the molecule is [2H]C1N(C)c2ccc(OC)cc2[C@]12C[C@H]2c1ccc2cn[nH]c2c1. The predicted octanol–water partition coefficient (Wildman–Crippen LogP) is 3.45. The molecule has 0 saturated heterocycles. The summed E-state index contributed by atoms with van der Waals surface area (Å²) < 4.78 is 14.2. The number of hydrogen-bond donors (Lipinski definition) is 1. The molecular formula is C19H19N3O. The van der Waals surface area contributed by atoms with Crippen LogP contribution in [0, 0.1) is 0 Å². The van der Waals surface area contributed by atoms with Crippen molar-refractivity contribution in [3.63, 3.8) is 0 Å². The molecule has 2 aliphatic rings. The van der Waals surface area contributed by atoms with Crippen molar-refractivity contribution in [2.24, 2.45) is 0 Å². The minimum absolute atomic E-state index is 0.133. The highest BCUT2D eigenvalue weighted by Gasteiger charge is 2.60. The van der Waals surface area contributed by atoms with E-state index in [1.807, 2.05) is 19.3 Å². The molecule has 0 radical (unpaired) electrons. The van der Waals surface area contributed by atoms with Crippen LogP contribution in [0.1, 0.15) is 24.8 Å². The largest absolute Gasteiger partial charge is 0.497 e. The van der Waals surface area contributed by atoms with E-state index >= 15 is 0 Å². The molecule has 5 rings (SSSR count). The molecule has 23 heavy (non-hydrogen) atoms. The van der Waals surface area contributed by atoms with Gasteiger partial charge in [-0.25, -0.2) is 0 Å². The molecule has 3 atom stereocenters. The Hall–Kier alpha value is -2.49. The molecule has 1 aliphatic carbocycles. The molecule has 1 N–H and O–H groups in total. The van der Waals surface area contributed by atoms with E-state index < -0.39 is 0 Å². The first-order chi connectivity index (χ1) is 11.6. The van der Waals surface area contributed by atoms with Crippen LogP contribution in [-0.2, 0) is 5.41 Å². The van der Waals surface area contributed by atoms with Gasteiger partial charge in [-0.2, -0.15) is 5.10 Å². The lowest BCUT2D eigenvalue weighted by molar-refractivity contribution is 0.414. The number of H-pyrrole nitrogens is 1. The number of rotatable bonds is 2. The highest BCUT2D eigenvalue weighted by atomic mass is 16.5. The fourth-order valence-corrected chi connectivity index (χ4v) is 4.11. The number of fused-ring (bicyclic) bond motifs is 3. The lowest BCUT2D eigenvalue weighted by Crippen LogP contribution is -2.20. The number of hydrogen-bond acceptors (Lipinski definition) is 3. The maximum Gasteiger partial charge on any atom is 0.119 e. The molecule has 1 aromatic heterocycles. The van der Waals surface area contributed by atoms with Crippen molar-refractivity contribution in [1.29, 1.82) is 0 Å². The van der Waals surface area contributed by atoms with Gasteiger partial charge in [0.1, 0.15) is 5.75 Å². The summed E-state index contributed by atoms with van der Waals surface area (Å²) in [5.41, 5.74) is 4.62. The monoisotopic (exact) mass is 306 g/mol. The molecule has 1 fully saturated rings. The predicted molar refractivity (Wildman–Crippen MR) is 91.4 cm³/mol. The van der Waals surface area contributed by atoms with Gasteiger partial charge in [-0.05, 0) is 47.7 Å². The third kappa shape index (κ3) is 1.69. The second kappa shape index (κ2) is 4.28. The number of methoxy groups -OCH3 is 1. The van der Waals surface area contributed by atoms with E-state index in [9.17, 15) is 0 Å². The van der Waals surface area contributed by atoms with Crippen LogP contribution in [0.15, 0.2) is 42.6 Å². The molecule has 2 aromatic carbocycles. The average molecular weight is 306 g/mol. The van der Waals surface area contributed by atoms with Gasteiger partial charge in [0, 0.05) is 30.1 Å². The van der Waals surface area contributed by atoms with Crippen molar-refractivity contribution >= 4 is 16.6 Å². The van der Waals surface area contributed by atoms with Crippen LogP contribution in [0.3, 0.4) is 0 Å². The molecule has 0 amide bonds. The average Bonchev–Trinajstić information content (AvgIpc) is 3.14. The van der Waals surface area contributed by atoms with Gasteiger partial charge in [0.25, 0.3) is 0 Å². The molecule has 0 bridgehead atoms. The van der Waals surface area contributed by atoms with Crippen LogP contribution >= 0.6 is 0 Å². The maximum atomic E-state index is 8.79. The molecule has 1 spiro atoms. The molecule has 1 unspecified atom stereocenters. The normalized spacial score (nSPS) is 29.0. The molecule has 2 heterocycles. The molecule has 4 heteroatoms. The summed E-state index contributed by atoms with van der Waals surface area (Å²) in [4.78, 5) is 2.09. The Bertz CT molecular complexity index is 953. The summed E-state index contributed by atoms with van der Waals surface area (Å²) >= 11 is 0. The van der Waals surface area contributed by atoms with Gasteiger partial charge in [-0.3, -0.25) is 5.10 Å². The quantitative estimate of drug-likeness (QED) is 0.788. The second-order valence-electron chi connectivity index (χ2n) is 6.64. The van der Waals surface area contributed by atoms with Crippen LogP contribution in [0.2, 0.25) is 0 Å². The lowest BCUT2D eigenvalue weighted by atomic mass is 9.92. The number of aromatic nitrogens is 2. The summed E-state index contributed by atoms with van der Waals surface area (Å²) in [6.45, 7) is -0.262. The fraction of sp³-hybridized carbons (Fsp3) is 0.316. The summed E-state index contributed by atoms with van der Waals surface area (Å²) in [7, 11) is 3.72. The highest BCUT2D eigenvalue weighted by Crippen LogP contribution is 2.65. The van der Waals surface area contributed by atoms with E-state index in [2.05, 4.69) is 45.4 Å². The Balaban J connectivity index is 1.62. The molecule has 116 valence electrons. The Morgan fingerprint density at radius 1 is 1.35 bits per heavy atom. The van der Waals surface area contributed by atoms with E-state index in [0.717, 1.165) is 28.8 Å². The van der Waals surface area contributed by atoms with Crippen LogP contribution < -0.4 is 9.64 Å². The van der Waals surface area contributed by atoms with Gasteiger partial charge in [-0.15, -0.1) is 0 Å². The summed E-state index contributed by atoms with van der Waals surface area (Å²) in [6, 6.07) is 12.7. The first-order valence-electron chi connectivity index (χ1n) is 8.49. The molecule has 1 saturated carbocycles. The van der Waals surface area contributed by atoms with E-state index in [0.29, 0.717) is 5.92 Å². The number of benzene rings is 2. The lowest BCUT2D eigenvalue weighted by Gasteiger charge is -2.13. The van der Waals surface area contributed by atoms with Gasteiger partial charge >= 0.3 is 0 Å². The van der Waals surface area contributed by atoms with Crippen LogP contribution in [0.25, 0.3) is 10.9 Å². The van der Waals surface area contributed by atoms with E-state index in [1.165, 1.54) is 11.1 Å². The van der Waals surface area contributed by atoms with E-state index in [4.69, 9.17) is 6.11 Å². The third-order valence-electron chi connectivity index (χ3n) is 5.38. The van der Waals surface area contributed by atoms with Crippen molar-refractivity contribution in [3.8, 4) is 5.75 Å². The molecule has 4 nitrogen and oxygen atoms in total. The molecular weight excluding hydrogens is 286 g/mol. The van der Waals surface area contributed by atoms with Crippen molar-refractivity contribution < 1.29 is 6.11 Å². The van der Waals surface area contributed by atoms with Gasteiger partial charge in [-0.1, -0.05) is 12.1 Å². The maximum absolute atomic E-state index is 8.79. The van der Waals surface area contributed by atoms with Crippen molar-refractivity contribution in [2.75, 3.05) is 25.6 Å². The van der Waals surface area contributed by atoms with Gasteiger partial charge < -0.3 is 9.64 Å². The van der Waals surface area contributed by atoms with Crippen molar-refractivity contribution in [2.45, 2.75) is 17.8 Å². The zero-order chi connectivity index (χ0) is 16.5. The van der Waals surface area contributed by atoms with E-state index in [1.54, 1.807) is 7.11 Å². The first kappa shape index (κ1) is 12.0. The standard InChI is InChI=1S/C19H19N3O/c1-22-11-19(15-8-14(23-2)5-6-18(15)22)9-16(19)12-3-4-13-10-20-21-17(13)7-12/h3-8,10,16H,9,11H2,1-2H3,(H,20,21)/t16-,19-/m0/s1/i11D/t11?,16-,19-. The fourth-order valence-electron chi connectivity index (χ4n) is 4.11. The summed E-state index contributed by atoms with van der Waals surface area (Å²) in [5, 5.41) is 8.29. The minimum atomic E-state index is -0.262. The Morgan fingerprint density at radius 2 is 2.26 bits per heavy atom. The van der Waals surface area contributed by atoms with Crippen LogP contribution in [-0.4, -0.2) is 30.9 Å². The number of nitrogens with one attached hydrogen (secondary N) is 1. The minimum Gasteiger partial charge on any atom is -0.497 e. The zero-order valence-corrected chi connectivity index (χ0v) is 13.2. The van der Waals surface area contributed by atoms with Crippen LogP contribution in [0.5, 0.6) is 5.75 Å². The van der Waals surface area contributed by atoms with Crippen molar-refractivity contribution in [3.05, 3.63) is 53.7 Å². The smallest absolute Gasteiger partial charge is 0.119 e. The summed E-state index contributed by atoms with van der Waals surface area (Å²) in [6.07, 6.45) is 2.85. The third-order valence-corrected chi connectivity index (χ3v) is 5.38. The van der Waals surface area contributed by atoms with Crippen molar-refractivity contribution in [1.82, 2.24) is 10.2 Å². The van der Waals surface area contributed by atoms with E-state index in [-0.39, 0.29) is 11.9 Å². The highest BCUT2D eigenvalue weighted by molar-refractivity contribution is 5.79. The topological polar surface area (TPSA) is 41.1 Å². The number of anilines is 1. The number of ether oxygens (including phenoxy) is 1. The first-order valence-corrected chi connectivity index (χ1v) is 7.92.